The number of rotatable bonds is 6. The van der Waals surface area contributed by atoms with E-state index in [-0.39, 0.29) is 41.3 Å². The summed E-state index contributed by atoms with van der Waals surface area (Å²) in [7, 11) is 2.99. The van der Waals surface area contributed by atoms with E-state index >= 15 is 0 Å². The van der Waals surface area contributed by atoms with Gasteiger partial charge in [0.1, 0.15) is 17.5 Å². The van der Waals surface area contributed by atoms with Crippen molar-refractivity contribution in [2.45, 2.75) is 25.6 Å². The molecule has 0 amide bonds. The van der Waals surface area contributed by atoms with Gasteiger partial charge in [-0.15, -0.1) is 0 Å². The lowest BCUT2D eigenvalue weighted by molar-refractivity contribution is 0.198. The molecule has 37 heavy (non-hydrogen) atoms. The topological polar surface area (TPSA) is 120 Å². The molecule has 11 nitrogen and oxygen atoms in total. The zero-order valence-corrected chi connectivity index (χ0v) is 20.6. The number of nitrogens with zero attached hydrogens (tertiary/aromatic N) is 7. The number of aryl methyl sites for hydroxylation is 1. The Balaban J connectivity index is 1.77. The molecule has 1 saturated heterocycles. The van der Waals surface area contributed by atoms with Crippen LogP contribution in [0.1, 0.15) is 17.8 Å². The standard InChI is InChI=1S/C23H22ClF2N7O4/c1-30-11-27-17(29-30)10-33-22(35)19-16(7-18(28-21(19)37-2)31-4-3-13(34)9-31)32(23(33)36)8-12-5-14(24)20(26)15(25)6-12/h5-7,11,13,34H,3-4,8-10H2,1-2H3/t13-/m1/s1. The second-order valence-corrected chi connectivity index (χ2v) is 9.15. The number of aliphatic hydroxyl groups excluding tert-OH is 1. The lowest BCUT2D eigenvalue weighted by Crippen LogP contribution is -2.41. The van der Waals surface area contributed by atoms with Crippen molar-refractivity contribution in [3.63, 3.8) is 0 Å². The van der Waals surface area contributed by atoms with E-state index in [1.807, 2.05) is 0 Å². The maximum atomic E-state index is 14.1. The van der Waals surface area contributed by atoms with Crippen LogP contribution in [-0.4, -0.2) is 60.3 Å². The van der Waals surface area contributed by atoms with Gasteiger partial charge in [-0.3, -0.25) is 18.6 Å². The third-order valence-corrected chi connectivity index (χ3v) is 6.45. The van der Waals surface area contributed by atoms with Gasteiger partial charge in [0, 0.05) is 26.2 Å². The Kier molecular flexibility index (Phi) is 6.42. The molecule has 5 rings (SSSR count). The van der Waals surface area contributed by atoms with Crippen LogP contribution in [-0.2, 0) is 20.1 Å². The first-order valence-corrected chi connectivity index (χ1v) is 11.7. The van der Waals surface area contributed by atoms with Crippen molar-refractivity contribution in [2.75, 3.05) is 25.1 Å². The molecular weight excluding hydrogens is 512 g/mol. The predicted molar refractivity (Wildman–Crippen MR) is 130 cm³/mol. The Morgan fingerprint density at radius 2 is 1.97 bits per heavy atom. The molecule has 1 N–H and O–H groups in total. The number of aliphatic hydroxyl groups is 1. The molecule has 0 saturated carbocycles. The number of fused-ring (bicyclic) bond motifs is 1. The monoisotopic (exact) mass is 533 g/mol. The van der Waals surface area contributed by atoms with Gasteiger partial charge in [-0.2, -0.15) is 10.1 Å². The summed E-state index contributed by atoms with van der Waals surface area (Å²) in [6.07, 6.45) is 1.41. The molecule has 1 aromatic carbocycles. The molecule has 1 atom stereocenters. The maximum absolute atomic E-state index is 14.1. The molecular formula is C23H22ClF2N7O4. The van der Waals surface area contributed by atoms with Crippen LogP contribution in [0.4, 0.5) is 14.6 Å². The fraction of sp³-hybridized carbons (Fsp3) is 0.348. The number of halogens is 3. The SMILES string of the molecule is COc1nc(N2CC[C@@H](O)C2)cc2c1c(=O)n(Cc1ncn(C)n1)c(=O)n2Cc1cc(F)c(F)c(Cl)c1. The third kappa shape index (κ3) is 4.55. The minimum Gasteiger partial charge on any atom is -0.480 e. The van der Waals surface area contributed by atoms with E-state index in [0.717, 1.165) is 10.6 Å². The molecule has 0 unspecified atom stereocenters. The third-order valence-electron chi connectivity index (χ3n) is 6.18. The lowest BCUT2D eigenvalue weighted by atomic mass is 10.2. The summed E-state index contributed by atoms with van der Waals surface area (Å²) in [5, 5.41) is 13.7. The second kappa shape index (κ2) is 9.56. The molecule has 0 bridgehead atoms. The summed E-state index contributed by atoms with van der Waals surface area (Å²) in [4.78, 5) is 37.6. The molecule has 3 aromatic heterocycles. The van der Waals surface area contributed by atoms with Crippen molar-refractivity contribution >= 4 is 28.3 Å². The van der Waals surface area contributed by atoms with Crippen LogP contribution in [0.25, 0.3) is 10.9 Å². The van der Waals surface area contributed by atoms with Crippen LogP contribution in [0, 0.1) is 11.6 Å². The van der Waals surface area contributed by atoms with Gasteiger partial charge in [0.05, 0.1) is 36.8 Å². The molecule has 4 aromatic rings. The average molecular weight is 534 g/mol. The zero-order chi connectivity index (χ0) is 26.4. The number of hydrogen-bond donors (Lipinski definition) is 1. The highest BCUT2D eigenvalue weighted by Gasteiger charge is 2.26. The fourth-order valence-corrected chi connectivity index (χ4v) is 4.64. The van der Waals surface area contributed by atoms with Crippen molar-refractivity contribution in [1.82, 2.24) is 28.9 Å². The Labute approximate surface area is 213 Å². The average Bonchev–Trinajstić information content (AvgIpc) is 3.49. The van der Waals surface area contributed by atoms with Crippen LogP contribution < -0.4 is 20.9 Å². The first-order valence-electron chi connectivity index (χ1n) is 11.3. The van der Waals surface area contributed by atoms with Gasteiger partial charge in [-0.05, 0) is 24.1 Å². The van der Waals surface area contributed by atoms with E-state index in [9.17, 15) is 23.5 Å². The first-order chi connectivity index (χ1) is 17.7. The molecule has 194 valence electrons. The highest BCUT2D eigenvalue weighted by molar-refractivity contribution is 6.30. The van der Waals surface area contributed by atoms with E-state index in [1.165, 1.54) is 28.8 Å². The molecule has 1 aliphatic heterocycles. The van der Waals surface area contributed by atoms with Crippen LogP contribution in [0.5, 0.6) is 5.88 Å². The van der Waals surface area contributed by atoms with E-state index in [0.29, 0.717) is 25.3 Å². The lowest BCUT2D eigenvalue weighted by Gasteiger charge is -2.20. The van der Waals surface area contributed by atoms with Gasteiger partial charge in [0.25, 0.3) is 5.56 Å². The van der Waals surface area contributed by atoms with Gasteiger partial charge in [0.15, 0.2) is 17.5 Å². The molecule has 0 radical (unpaired) electrons. The van der Waals surface area contributed by atoms with Crippen molar-refractivity contribution < 1.29 is 18.6 Å². The Morgan fingerprint density at radius 1 is 1.19 bits per heavy atom. The minimum absolute atomic E-state index is 0.00945. The number of pyridine rings is 1. The number of β-amino-alcohol motifs (C(OH)–C–C–N with tert-alkyl or cyclic N) is 1. The largest absolute Gasteiger partial charge is 0.480 e. The smallest absolute Gasteiger partial charge is 0.332 e. The van der Waals surface area contributed by atoms with Crippen molar-refractivity contribution in [2.24, 2.45) is 7.05 Å². The number of anilines is 1. The molecule has 1 aliphatic rings. The first kappa shape index (κ1) is 24.8. The molecule has 0 aliphatic carbocycles. The molecule has 14 heteroatoms. The fourth-order valence-electron chi connectivity index (χ4n) is 4.41. The Bertz CT molecular complexity index is 1610. The maximum Gasteiger partial charge on any atom is 0.332 e. The van der Waals surface area contributed by atoms with Crippen LogP contribution in [0.2, 0.25) is 5.02 Å². The van der Waals surface area contributed by atoms with Crippen molar-refractivity contribution in [3.05, 3.63) is 73.4 Å². The van der Waals surface area contributed by atoms with E-state index in [2.05, 4.69) is 15.1 Å². The normalized spacial score (nSPS) is 15.6. The summed E-state index contributed by atoms with van der Waals surface area (Å²) in [6, 6.07) is 3.69. The summed E-state index contributed by atoms with van der Waals surface area (Å²) in [6.45, 7) is 0.342. The quantitative estimate of drug-likeness (QED) is 0.368. The molecule has 4 heterocycles. The number of ether oxygens (including phenoxy) is 1. The van der Waals surface area contributed by atoms with Gasteiger partial charge in [-0.25, -0.2) is 18.6 Å². The van der Waals surface area contributed by atoms with E-state index in [1.54, 1.807) is 18.0 Å². The number of methoxy groups -OCH3 is 1. The summed E-state index contributed by atoms with van der Waals surface area (Å²) >= 11 is 5.85. The van der Waals surface area contributed by atoms with Gasteiger partial charge in [-0.1, -0.05) is 11.6 Å². The summed E-state index contributed by atoms with van der Waals surface area (Å²) in [5.74, 6) is -1.79. The van der Waals surface area contributed by atoms with Gasteiger partial charge >= 0.3 is 5.69 Å². The highest BCUT2D eigenvalue weighted by Crippen LogP contribution is 2.28. The minimum atomic E-state index is -1.20. The zero-order valence-electron chi connectivity index (χ0n) is 19.9. The van der Waals surface area contributed by atoms with Gasteiger partial charge in [0.2, 0.25) is 5.88 Å². The summed E-state index contributed by atoms with van der Waals surface area (Å²) in [5.41, 5.74) is -1.04. The molecule has 1 fully saturated rings. The number of hydrogen-bond acceptors (Lipinski definition) is 8. The van der Waals surface area contributed by atoms with Crippen molar-refractivity contribution in [1.29, 1.82) is 0 Å². The van der Waals surface area contributed by atoms with Crippen LogP contribution in [0.3, 0.4) is 0 Å². The van der Waals surface area contributed by atoms with E-state index in [4.69, 9.17) is 16.3 Å². The predicted octanol–water partition coefficient (Wildman–Crippen LogP) is 1.29. The molecule has 0 spiro atoms. The Morgan fingerprint density at radius 3 is 2.59 bits per heavy atom. The van der Waals surface area contributed by atoms with Crippen LogP contribution >= 0.6 is 11.6 Å². The van der Waals surface area contributed by atoms with Crippen LogP contribution in [0.15, 0.2) is 34.1 Å². The Hall–Kier alpha value is -3.84. The van der Waals surface area contributed by atoms with E-state index < -0.39 is 34.0 Å². The number of benzene rings is 1. The highest BCUT2D eigenvalue weighted by atomic mass is 35.5. The number of aromatic nitrogens is 6. The van der Waals surface area contributed by atoms with Gasteiger partial charge < -0.3 is 14.7 Å². The van der Waals surface area contributed by atoms with Crippen molar-refractivity contribution in [3.8, 4) is 5.88 Å². The second-order valence-electron chi connectivity index (χ2n) is 8.74. The summed E-state index contributed by atoms with van der Waals surface area (Å²) < 4.78 is 37.0.